The molecule has 0 spiro atoms. The standard InChI is InChI=1S/C15H13ClFNOS/c1-9-14(4-3-10-8-18(2)20-15(9)10)19-13-6-11(16)5-12(17)7-13/h3-7H,8H2,1-2H3. The molecule has 104 valence electrons. The van der Waals surface area contributed by atoms with Crippen molar-refractivity contribution in [1.29, 1.82) is 0 Å². The van der Waals surface area contributed by atoms with E-state index in [1.54, 1.807) is 18.0 Å². The summed E-state index contributed by atoms with van der Waals surface area (Å²) in [6, 6.07) is 8.17. The molecule has 0 aromatic heterocycles. The minimum absolute atomic E-state index is 0.327. The molecular weight excluding hydrogens is 297 g/mol. The van der Waals surface area contributed by atoms with E-state index in [4.69, 9.17) is 16.3 Å². The van der Waals surface area contributed by atoms with Crippen molar-refractivity contribution in [2.24, 2.45) is 0 Å². The molecule has 0 amide bonds. The van der Waals surface area contributed by atoms with Crippen molar-refractivity contribution >= 4 is 23.5 Å². The SMILES string of the molecule is Cc1c(Oc2cc(F)cc(Cl)c2)ccc2c1SN(C)C2. The van der Waals surface area contributed by atoms with Crippen molar-refractivity contribution in [1.82, 2.24) is 4.31 Å². The van der Waals surface area contributed by atoms with Crippen LogP contribution in [0.5, 0.6) is 11.5 Å². The van der Waals surface area contributed by atoms with Crippen LogP contribution in [0, 0.1) is 12.7 Å². The minimum Gasteiger partial charge on any atom is -0.457 e. The van der Waals surface area contributed by atoms with Crippen LogP contribution >= 0.6 is 23.5 Å². The summed E-state index contributed by atoms with van der Waals surface area (Å²) < 4.78 is 21.3. The van der Waals surface area contributed by atoms with Crippen LogP contribution in [0.3, 0.4) is 0 Å². The fourth-order valence-corrected chi connectivity index (χ4v) is 3.45. The number of hydrogen-bond donors (Lipinski definition) is 0. The highest BCUT2D eigenvalue weighted by Gasteiger charge is 2.21. The lowest BCUT2D eigenvalue weighted by molar-refractivity contribution is 0.471. The fourth-order valence-electron chi connectivity index (χ4n) is 2.23. The normalized spacial score (nSPS) is 14.4. The Balaban J connectivity index is 1.94. The van der Waals surface area contributed by atoms with Crippen LogP contribution in [0.1, 0.15) is 11.1 Å². The average Bonchev–Trinajstić information content (AvgIpc) is 2.73. The van der Waals surface area contributed by atoms with Gasteiger partial charge < -0.3 is 4.74 Å². The summed E-state index contributed by atoms with van der Waals surface area (Å²) in [6.45, 7) is 2.94. The van der Waals surface area contributed by atoms with Crippen molar-refractivity contribution in [3.8, 4) is 11.5 Å². The Morgan fingerprint density at radius 2 is 2.10 bits per heavy atom. The zero-order valence-electron chi connectivity index (χ0n) is 11.1. The molecule has 0 bridgehead atoms. The number of fused-ring (bicyclic) bond motifs is 1. The molecule has 2 aromatic rings. The molecular formula is C15H13ClFNOS. The Hall–Kier alpha value is -1.23. The van der Waals surface area contributed by atoms with E-state index in [2.05, 4.69) is 17.4 Å². The van der Waals surface area contributed by atoms with Gasteiger partial charge in [0.05, 0.1) is 0 Å². The Bertz CT molecular complexity index is 657. The molecule has 20 heavy (non-hydrogen) atoms. The number of hydrogen-bond acceptors (Lipinski definition) is 3. The van der Waals surface area contributed by atoms with Crippen LogP contribution in [0.25, 0.3) is 0 Å². The van der Waals surface area contributed by atoms with Crippen LogP contribution in [0.2, 0.25) is 5.02 Å². The lowest BCUT2D eigenvalue weighted by Gasteiger charge is -2.12. The largest absolute Gasteiger partial charge is 0.457 e. The molecule has 2 aromatic carbocycles. The van der Waals surface area contributed by atoms with Crippen LogP contribution < -0.4 is 4.74 Å². The van der Waals surface area contributed by atoms with E-state index >= 15 is 0 Å². The maximum Gasteiger partial charge on any atom is 0.131 e. The third-order valence-corrected chi connectivity index (χ3v) is 4.55. The molecule has 1 heterocycles. The summed E-state index contributed by atoms with van der Waals surface area (Å²) in [5, 5.41) is 0.327. The molecule has 0 atom stereocenters. The highest BCUT2D eigenvalue weighted by molar-refractivity contribution is 7.97. The molecule has 0 saturated carbocycles. The van der Waals surface area contributed by atoms with Gasteiger partial charge in [-0.2, -0.15) is 0 Å². The fraction of sp³-hybridized carbons (Fsp3) is 0.200. The Kier molecular flexibility index (Phi) is 3.63. The number of ether oxygens (including phenoxy) is 1. The topological polar surface area (TPSA) is 12.5 Å². The van der Waals surface area contributed by atoms with Crippen molar-refractivity contribution in [2.45, 2.75) is 18.4 Å². The highest BCUT2D eigenvalue weighted by Crippen LogP contribution is 2.41. The van der Waals surface area contributed by atoms with E-state index in [1.165, 1.54) is 22.6 Å². The third kappa shape index (κ3) is 2.64. The van der Waals surface area contributed by atoms with Gasteiger partial charge in [0.1, 0.15) is 17.3 Å². The lowest BCUT2D eigenvalue weighted by atomic mass is 10.1. The van der Waals surface area contributed by atoms with Crippen LogP contribution in [-0.2, 0) is 6.54 Å². The second-order valence-electron chi connectivity index (χ2n) is 4.76. The highest BCUT2D eigenvalue weighted by atomic mass is 35.5. The Morgan fingerprint density at radius 3 is 2.85 bits per heavy atom. The molecule has 0 aliphatic carbocycles. The van der Waals surface area contributed by atoms with Gasteiger partial charge in [-0.25, -0.2) is 8.70 Å². The predicted octanol–water partition coefficient (Wildman–Crippen LogP) is 5.03. The van der Waals surface area contributed by atoms with E-state index in [9.17, 15) is 4.39 Å². The van der Waals surface area contributed by atoms with Gasteiger partial charge in [-0.15, -0.1) is 0 Å². The summed E-state index contributed by atoms with van der Waals surface area (Å²) in [5.74, 6) is 0.739. The molecule has 5 heteroatoms. The van der Waals surface area contributed by atoms with E-state index < -0.39 is 5.82 Å². The zero-order valence-corrected chi connectivity index (χ0v) is 12.7. The first-order valence-corrected chi connectivity index (χ1v) is 7.33. The van der Waals surface area contributed by atoms with E-state index in [-0.39, 0.29) is 0 Å². The van der Waals surface area contributed by atoms with E-state index in [1.807, 2.05) is 13.0 Å². The number of nitrogens with zero attached hydrogens (tertiary/aromatic N) is 1. The molecule has 1 aliphatic rings. The Morgan fingerprint density at radius 1 is 1.30 bits per heavy atom. The maximum absolute atomic E-state index is 13.3. The molecule has 1 aliphatic heterocycles. The molecule has 0 radical (unpaired) electrons. The average molecular weight is 310 g/mol. The van der Waals surface area contributed by atoms with Gasteiger partial charge in [0, 0.05) is 28.1 Å². The first-order chi connectivity index (χ1) is 9.52. The van der Waals surface area contributed by atoms with Gasteiger partial charge in [-0.05, 0) is 49.7 Å². The second-order valence-corrected chi connectivity index (χ2v) is 6.41. The number of rotatable bonds is 2. The third-order valence-electron chi connectivity index (χ3n) is 3.14. The summed E-state index contributed by atoms with van der Waals surface area (Å²) >= 11 is 7.54. The molecule has 2 nitrogen and oxygen atoms in total. The quantitative estimate of drug-likeness (QED) is 0.722. The van der Waals surface area contributed by atoms with Gasteiger partial charge in [0.2, 0.25) is 0 Å². The first kappa shape index (κ1) is 13.7. The first-order valence-electron chi connectivity index (χ1n) is 6.18. The van der Waals surface area contributed by atoms with Gasteiger partial charge in [-0.3, -0.25) is 0 Å². The van der Waals surface area contributed by atoms with Crippen molar-refractivity contribution in [3.05, 3.63) is 52.3 Å². The van der Waals surface area contributed by atoms with Gasteiger partial charge >= 0.3 is 0 Å². The van der Waals surface area contributed by atoms with Crippen molar-refractivity contribution in [2.75, 3.05) is 7.05 Å². The molecule has 0 saturated heterocycles. The molecule has 0 unspecified atom stereocenters. The van der Waals surface area contributed by atoms with Crippen LogP contribution in [-0.4, -0.2) is 11.4 Å². The lowest BCUT2D eigenvalue weighted by Crippen LogP contribution is -1.99. The van der Waals surface area contributed by atoms with Gasteiger partial charge in [0.25, 0.3) is 0 Å². The summed E-state index contributed by atoms with van der Waals surface area (Å²) in [7, 11) is 2.05. The smallest absolute Gasteiger partial charge is 0.131 e. The van der Waals surface area contributed by atoms with E-state index in [0.29, 0.717) is 10.8 Å². The predicted molar refractivity (Wildman–Crippen MR) is 80.0 cm³/mol. The number of halogens is 2. The maximum atomic E-state index is 13.3. The van der Waals surface area contributed by atoms with Crippen LogP contribution in [0.15, 0.2) is 35.2 Å². The monoisotopic (exact) mass is 309 g/mol. The minimum atomic E-state index is -0.402. The van der Waals surface area contributed by atoms with Gasteiger partial charge in [0.15, 0.2) is 0 Å². The number of benzene rings is 2. The molecule has 3 rings (SSSR count). The van der Waals surface area contributed by atoms with Crippen LogP contribution in [0.4, 0.5) is 4.39 Å². The van der Waals surface area contributed by atoms with Crippen molar-refractivity contribution in [3.63, 3.8) is 0 Å². The van der Waals surface area contributed by atoms with E-state index in [0.717, 1.165) is 17.9 Å². The molecule has 0 fully saturated rings. The summed E-state index contributed by atoms with van der Waals surface area (Å²) in [5.41, 5.74) is 2.36. The summed E-state index contributed by atoms with van der Waals surface area (Å²) in [6.07, 6.45) is 0. The molecule has 0 N–H and O–H groups in total. The second kappa shape index (κ2) is 5.28. The Labute approximate surface area is 126 Å². The van der Waals surface area contributed by atoms with Gasteiger partial charge in [-0.1, -0.05) is 17.7 Å². The van der Waals surface area contributed by atoms with Crippen molar-refractivity contribution < 1.29 is 9.13 Å². The zero-order chi connectivity index (χ0) is 14.3. The summed E-state index contributed by atoms with van der Waals surface area (Å²) in [4.78, 5) is 1.22.